The number of unbranched alkanes of at least 4 members (excludes halogenated alkanes) is 33. The molecule has 3 rings (SSSR count). The third-order valence-corrected chi connectivity index (χ3v) is 20.2. The number of amides is 1. The Morgan fingerprint density at radius 2 is 0.663 bits per heavy atom. The maximum absolute atomic E-state index is 13.5. The van der Waals surface area contributed by atoms with Gasteiger partial charge < -0.3 is 89.9 Å². The van der Waals surface area contributed by atoms with Crippen molar-refractivity contribution in [1.82, 2.24) is 5.32 Å². The van der Waals surface area contributed by atoms with Crippen molar-refractivity contribution in [1.29, 1.82) is 0 Å². The van der Waals surface area contributed by atoms with Crippen LogP contribution in [0.3, 0.4) is 0 Å². The molecule has 0 bridgehead atoms. The van der Waals surface area contributed by atoms with Crippen LogP contribution in [0.1, 0.15) is 303 Å². The molecule has 17 atom stereocenters. The van der Waals surface area contributed by atoms with E-state index in [1.54, 1.807) is 0 Å². The van der Waals surface area contributed by atoms with Gasteiger partial charge in [-0.05, 0) is 77.0 Å². The van der Waals surface area contributed by atoms with Crippen LogP contribution in [0.25, 0.3) is 0 Å². The van der Waals surface area contributed by atoms with E-state index in [-0.39, 0.29) is 18.9 Å². The van der Waals surface area contributed by atoms with Crippen molar-refractivity contribution in [2.45, 2.75) is 407 Å². The fourth-order valence-electron chi connectivity index (χ4n) is 13.6. The molecule has 3 fully saturated rings. The molecule has 3 heterocycles. The Kier molecular flexibility index (Phi) is 58.9. The molecule has 602 valence electrons. The van der Waals surface area contributed by atoms with E-state index in [0.29, 0.717) is 12.8 Å². The number of aliphatic hydroxyl groups excluding tert-OH is 11. The van der Waals surface area contributed by atoms with Gasteiger partial charge in [0.2, 0.25) is 5.91 Å². The van der Waals surface area contributed by atoms with E-state index in [1.807, 2.05) is 0 Å². The molecular weight excluding hydrogens is 1320 g/mol. The van der Waals surface area contributed by atoms with Gasteiger partial charge in [-0.15, -0.1) is 0 Å². The summed E-state index contributed by atoms with van der Waals surface area (Å²) in [5.41, 5.74) is 0. The summed E-state index contributed by atoms with van der Waals surface area (Å²) in [7, 11) is 0. The van der Waals surface area contributed by atoms with Crippen molar-refractivity contribution >= 4 is 5.91 Å². The fraction of sp³-hybridized carbons (Fsp3) is 0.800. The van der Waals surface area contributed by atoms with Gasteiger partial charge in [0, 0.05) is 6.42 Å². The van der Waals surface area contributed by atoms with Crippen LogP contribution in [0.5, 0.6) is 0 Å². The predicted molar refractivity (Wildman–Crippen MR) is 415 cm³/mol. The summed E-state index contributed by atoms with van der Waals surface area (Å²) in [5.74, 6) is -0.242. The third kappa shape index (κ3) is 43.8. The average molecular weight is 1470 g/mol. The molecule has 3 saturated heterocycles. The van der Waals surface area contributed by atoms with Gasteiger partial charge >= 0.3 is 0 Å². The van der Waals surface area contributed by atoms with E-state index < -0.39 is 124 Å². The lowest BCUT2D eigenvalue weighted by Crippen LogP contribution is -2.66. The highest BCUT2D eigenvalue weighted by molar-refractivity contribution is 5.76. The Morgan fingerprint density at radius 1 is 0.356 bits per heavy atom. The van der Waals surface area contributed by atoms with Gasteiger partial charge in [0.05, 0.1) is 38.6 Å². The maximum atomic E-state index is 13.5. The van der Waals surface area contributed by atoms with Crippen molar-refractivity contribution in [3.05, 3.63) is 97.2 Å². The molecule has 17 unspecified atom stereocenters. The highest BCUT2D eigenvalue weighted by Gasteiger charge is 2.54. The highest BCUT2D eigenvalue weighted by atomic mass is 16.8. The maximum Gasteiger partial charge on any atom is 0.220 e. The standard InChI is InChI=1S/C85H149NO18/c1-3-5-7-9-11-13-15-17-19-21-23-24-25-26-27-28-29-30-31-32-33-34-35-36-37-38-39-40-41-42-43-44-45-47-49-51-53-55-57-59-61-63-73(91)86-68(69(90)62-60-58-56-54-52-50-48-46-22-20-18-16-14-12-10-8-6-4-2)67-99-83-79(97)76(94)81(71(65-88)101-83)104-85-80(98)77(95)82(72(66-89)102-85)103-84-78(96)75(93)74(92)70(64-87)100-84/h5,7,11,13,17,19,23-24,26-27,29-30,32-33,35-36,68-72,74-85,87-90,92-98H,3-4,6,8-10,12,14-16,18,20-22,25,28,31,34,37-67H2,1-2H3,(H,86,91)/b7-5-,13-11-,19-17-,24-23-,27-26-,30-29-,33-32-,36-35-. The number of ether oxygens (including phenoxy) is 6. The summed E-state index contributed by atoms with van der Waals surface area (Å²) < 4.78 is 34.5. The minimum Gasteiger partial charge on any atom is -0.394 e. The smallest absolute Gasteiger partial charge is 0.220 e. The molecule has 0 saturated carbocycles. The zero-order chi connectivity index (χ0) is 75.3. The van der Waals surface area contributed by atoms with Gasteiger partial charge in [0.25, 0.3) is 0 Å². The average Bonchev–Trinajstić information content (AvgIpc) is 0.783. The molecular formula is C85H149NO18. The topological polar surface area (TPSA) is 307 Å². The van der Waals surface area contributed by atoms with Gasteiger partial charge in [0.15, 0.2) is 18.9 Å². The first-order valence-electron chi connectivity index (χ1n) is 41.5. The Labute approximate surface area is 628 Å². The number of aliphatic hydroxyl groups is 11. The van der Waals surface area contributed by atoms with Crippen molar-refractivity contribution in [3.8, 4) is 0 Å². The largest absolute Gasteiger partial charge is 0.394 e. The van der Waals surface area contributed by atoms with Crippen LogP contribution < -0.4 is 5.32 Å². The van der Waals surface area contributed by atoms with E-state index in [9.17, 15) is 61.0 Å². The normalized spacial score (nSPS) is 26.4. The summed E-state index contributed by atoms with van der Waals surface area (Å²) >= 11 is 0. The minimum atomic E-state index is -1.98. The molecule has 19 nitrogen and oxygen atoms in total. The molecule has 12 N–H and O–H groups in total. The van der Waals surface area contributed by atoms with Crippen LogP contribution in [0, 0.1) is 0 Å². The number of rotatable bonds is 65. The lowest BCUT2D eigenvalue weighted by molar-refractivity contribution is -0.379. The fourth-order valence-corrected chi connectivity index (χ4v) is 13.6. The number of hydrogen-bond donors (Lipinski definition) is 12. The van der Waals surface area contributed by atoms with Gasteiger partial charge in [-0.2, -0.15) is 0 Å². The zero-order valence-corrected chi connectivity index (χ0v) is 64.5. The van der Waals surface area contributed by atoms with Gasteiger partial charge in [0.1, 0.15) is 73.2 Å². The summed E-state index contributed by atoms with van der Waals surface area (Å²) in [6, 6.07) is -0.892. The molecule has 0 aromatic heterocycles. The van der Waals surface area contributed by atoms with Crippen LogP contribution in [0.4, 0.5) is 0 Å². The SMILES string of the molecule is CC/C=C\C/C=C\C/C=C\C/C=C\C/C=C\C/C=C\C/C=C\C/C=C\CCCCCCCCCCCCCCCCCCC(=O)NC(COC1OC(CO)C(OC2OC(CO)C(OC3OC(CO)C(O)C(O)C3O)C(O)C2O)C(O)C1O)C(O)CCCCCCCCCCCCCCCCCCCC. The summed E-state index contributed by atoms with van der Waals surface area (Å²) in [6.07, 6.45) is 60.7. The van der Waals surface area contributed by atoms with Gasteiger partial charge in [-0.3, -0.25) is 4.79 Å². The van der Waals surface area contributed by atoms with E-state index in [2.05, 4.69) is 116 Å². The molecule has 0 spiro atoms. The van der Waals surface area contributed by atoms with Crippen LogP contribution in [0.2, 0.25) is 0 Å². The zero-order valence-electron chi connectivity index (χ0n) is 64.5. The lowest BCUT2D eigenvalue weighted by Gasteiger charge is -2.48. The van der Waals surface area contributed by atoms with Crippen LogP contribution >= 0.6 is 0 Å². The Morgan fingerprint density at radius 3 is 1.04 bits per heavy atom. The summed E-state index contributed by atoms with van der Waals surface area (Å²) in [5, 5.41) is 121. The quantitative estimate of drug-likeness (QED) is 0.0199. The molecule has 104 heavy (non-hydrogen) atoms. The second-order valence-electron chi connectivity index (χ2n) is 29.2. The second-order valence-corrected chi connectivity index (χ2v) is 29.2. The highest BCUT2D eigenvalue weighted by Crippen LogP contribution is 2.33. The van der Waals surface area contributed by atoms with E-state index in [1.165, 1.54) is 173 Å². The molecule has 19 heteroatoms. The summed E-state index contributed by atoms with van der Waals surface area (Å²) in [4.78, 5) is 13.5. The van der Waals surface area contributed by atoms with Gasteiger partial charge in [-0.25, -0.2) is 0 Å². The third-order valence-electron chi connectivity index (χ3n) is 20.2. The van der Waals surface area contributed by atoms with E-state index in [0.717, 1.165) is 96.3 Å². The van der Waals surface area contributed by atoms with Gasteiger partial charge in [-0.1, -0.05) is 317 Å². The molecule has 0 aromatic rings. The number of allylic oxidation sites excluding steroid dienone is 16. The van der Waals surface area contributed by atoms with E-state index in [4.69, 9.17) is 28.4 Å². The lowest BCUT2D eigenvalue weighted by atomic mass is 9.96. The van der Waals surface area contributed by atoms with Crippen molar-refractivity contribution in [2.75, 3.05) is 26.4 Å². The summed E-state index contributed by atoms with van der Waals surface area (Å²) in [6.45, 7) is 1.71. The van der Waals surface area contributed by atoms with Crippen LogP contribution in [-0.2, 0) is 33.2 Å². The molecule has 0 aromatic carbocycles. The second kappa shape index (κ2) is 64.5. The van der Waals surface area contributed by atoms with Crippen LogP contribution in [0.15, 0.2) is 97.2 Å². The first kappa shape index (κ1) is 94.9. The van der Waals surface area contributed by atoms with Crippen molar-refractivity contribution in [3.63, 3.8) is 0 Å². The Bertz CT molecular complexity index is 2260. The first-order chi connectivity index (χ1) is 50.8. The Hall–Kier alpha value is -3.29. The molecule has 3 aliphatic heterocycles. The van der Waals surface area contributed by atoms with Crippen molar-refractivity contribution < 1.29 is 89.4 Å². The molecule has 1 amide bonds. The number of nitrogens with one attached hydrogen (secondary N) is 1. The van der Waals surface area contributed by atoms with Crippen LogP contribution in [-0.4, -0.2) is 193 Å². The minimum absolute atomic E-state index is 0.242. The number of carbonyl (C=O) groups is 1. The molecule has 3 aliphatic rings. The first-order valence-corrected chi connectivity index (χ1v) is 41.5. The predicted octanol–water partition coefficient (Wildman–Crippen LogP) is 14.3. The van der Waals surface area contributed by atoms with E-state index >= 15 is 0 Å². The monoisotopic (exact) mass is 1470 g/mol. The molecule has 0 radical (unpaired) electrons. The Balaban J connectivity index is 1.30. The number of carbonyl (C=O) groups excluding carboxylic acids is 1. The number of hydrogen-bond acceptors (Lipinski definition) is 18. The molecule has 0 aliphatic carbocycles. The van der Waals surface area contributed by atoms with Crippen molar-refractivity contribution in [2.24, 2.45) is 0 Å².